The fourth-order valence-electron chi connectivity index (χ4n) is 4.05. The van der Waals surface area contributed by atoms with Gasteiger partial charge >= 0.3 is 12.1 Å². The first kappa shape index (κ1) is 24.7. The molecule has 0 bridgehead atoms. The molecule has 1 atom stereocenters. The lowest BCUT2D eigenvalue weighted by Gasteiger charge is -2.18. The van der Waals surface area contributed by atoms with Crippen LogP contribution in [0.2, 0.25) is 0 Å². The van der Waals surface area contributed by atoms with Crippen molar-refractivity contribution in [2.75, 3.05) is 11.9 Å². The standard InChI is InChI=1S/C24H26F4N2O3/c25-21-10-8-16(13-20(21)24(26,27)28)17(14-22(32)33)12-19(31)6-2-1-5-18-9-7-15-4-3-11-29-23(15)30-18/h7-10,13,17H,1-6,11-12,14H2,(H,29,30)(H,32,33)/t17-/m0/s1. The zero-order valence-corrected chi connectivity index (χ0v) is 18.1. The summed E-state index contributed by atoms with van der Waals surface area (Å²) in [5.74, 6) is -2.96. The van der Waals surface area contributed by atoms with E-state index in [0.717, 1.165) is 37.0 Å². The fraction of sp³-hybridized carbons (Fsp3) is 0.458. The maximum atomic E-state index is 13.6. The Bertz CT molecular complexity index is 1010. The highest BCUT2D eigenvalue weighted by Crippen LogP contribution is 2.35. The van der Waals surface area contributed by atoms with Gasteiger partial charge in [0.15, 0.2) is 0 Å². The van der Waals surface area contributed by atoms with Gasteiger partial charge in [-0.25, -0.2) is 9.37 Å². The number of aliphatic carboxylic acids is 1. The van der Waals surface area contributed by atoms with Crippen LogP contribution in [0.3, 0.4) is 0 Å². The number of unbranched alkanes of at least 4 members (excludes halogenated alkanes) is 1. The summed E-state index contributed by atoms with van der Waals surface area (Å²) in [5, 5.41) is 12.4. The number of anilines is 1. The Morgan fingerprint density at radius 1 is 1.12 bits per heavy atom. The number of fused-ring (bicyclic) bond motifs is 1. The molecule has 1 aromatic heterocycles. The molecule has 3 rings (SSSR count). The van der Waals surface area contributed by atoms with E-state index in [1.807, 2.05) is 6.07 Å². The van der Waals surface area contributed by atoms with E-state index in [2.05, 4.69) is 16.4 Å². The van der Waals surface area contributed by atoms with Crippen molar-refractivity contribution in [1.82, 2.24) is 4.98 Å². The van der Waals surface area contributed by atoms with Crippen LogP contribution in [0.1, 0.15) is 66.8 Å². The fourth-order valence-corrected chi connectivity index (χ4v) is 4.05. The number of hydrogen-bond donors (Lipinski definition) is 2. The van der Waals surface area contributed by atoms with E-state index < -0.39 is 35.9 Å². The van der Waals surface area contributed by atoms with Crippen molar-refractivity contribution in [3.8, 4) is 0 Å². The van der Waals surface area contributed by atoms with Crippen LogP contribution in [0.5, 0.6) is 0 Å². The number of aryl methyl sites for hydroxylation is 2. The second kappa shape index (κ2) is 10.8. The number of alkyl halides is 3. The van der Waals surface area contributed by atoms with Gasteiger partial charge in [0, 0.05) is 31.0 Å². The van der Waals surface area contributed by atoms with E-state index in [1.54, 1.807) is 0 Å². The molecule has 1 aliphatic rings. The minimum atomic E-state index is -4.90. The summed E-state index contributed by atoms with van der Waals surface area (Å²) in [6, 6.07) is 6.41. The van der Waals surface area contributed by atoms with E-state index in [1.165, 1.54) is 5.56 Å². The summed E-state index contributed by atoms with van der Waals surface area (Å²) >= 11 is 0. The minimum absolute atomic E-state index is 0.00904. The molecule has 2 N–H and O–H groups in total. The number of pyridine rings is 1. The summed E-state index contributed by atoms with van der Waals surface area (Å²) in [6.45, 7) is 0.897. The third-order valence-electron chi connectivity index (χ3n) is 5.75. The number of halogens is 4. The third kappa shape index (κ3) is 7.00. The molecule has 0 amide bonds. The number of carboxylic acids is 1. The summed E-state index contributed by atoms with van der Waals surface area (Å²) in [6.07, 6.45) is -1.41. The summed E-state index contributed by atoms with van der Waals surface area (Å²) in [4.78, 5) is 28.3. The topological polar surface area (TPSA) is 79.3 Å². The lowest BCUT2D eigenvalue weighted by Crippen LogP contribution is -2.14. The molecule has 178 valence electrons. The molecule has 33 heavy (non-hydrogen) atoms. The number of carboxylic acid groups (broad SMARTS) is 1. The van der Waals surface area contributed by atoms with Crippen LogP contribution in [-0.2, 0) is 28.6 Å². The number of rotatable bonds is 10. The second-order valence-electron chi connectivity index (χ2n) is 8.32. The van der Waals surface area contributed by atoms with Crippen molar-refractivity contribution in [1.29, 1.82) is 0 Å². The Kier molecular flexibility index (Phi) is 8.05. The van der Waals surface area contributed by atoms with Gasteiger partial charge in [-0.1, -0.05) is 12.1 Å². The highest BCUT2D eigenvalue weighted by molar-refractivity contribution is 5.80. The molecular formula is C24H26F4N2O3. The molecule has 0 saturated carbocycles. The Labute approximate surface area is 189 Å². The predicted octanol–water partition coefficient (Wildman–Crippen LogP) is 5.53. The monoisotopic (exact) mass is 466 g/mol. The van der Waals surface area contributed by atoms with Crippen LogP contribution < -0.4 is 5.32 Å². The van der Waals surface area contributed by atoms with E-state index in [4.69, 9.17) is 5.11 Å². The number of ketones is 1. The van der Waals surface area contributed by atoms with Gasteiger partial charge in [0.2, 0.25) is 0 Å². The molecule has 0 unspecified atom stereocenters. The largest absolute Gasteiger partial charge is 0.481 e. The quantitative estimate of drug-likeness (QED) is 0.356. The van der Waals surface area contributed by atoms with Gasteiger partial charge in [0.25, 0.3) is 0 Å². The van der Waals surface area contributed by atoms with Crippen molar-refractivity contribution in [2.24, 2.45) is 0 Å². The number of nitrogens with one attached hydrogen (secondary N) is 1. The van der Waals surface area contributed by atoms with Crippen LogP contribution in [0, 0.1) is 5.82 Å². The number of benzene rings is 1. The second-order valence-corrected chi connectivity index (χ2v) is 8.32. The van der Waals surface area contributed by atoms with Crippen LogP contribution in [-0.4, -0.2) is 28.4 Å². The number of carbonyl (C=O) groups is 2. The maximum absolute atomic E-state index is 13.6. The molecule has 9 heteroatoms. The first-order valence-electron chi connectivity index (χ1n) is 11.0. The van der Waals surface area contributed by atoms with Gasteiger partial charge in [-0.05, 0) is 61.4 Å². The number of carbonyl (C=O) groups excluding carboxylic acids is 1. The third-order valence-corrected chi connectivity index (χ3v) is 5.75. The Morgan fingerprint density at radius 3 is 2.64 bits per heavy atom. The molecule has 1 aliphatic heterocycles. The smallest absolute Gasteiger partial charge is 0.419 e. The first-order chi connectivity index (χ1) is 15.6. The van der Waals surface area contributed by atoms with E-state index >= 15 is 0 Å². The highest BCUT2D eigenvalue weighted by Gasteiger charge is 2.35. The first-order valence-corrected chi connectivity index (χ1v) is 11.0. The Balaban J connectivity index is 1.56. The number of Topliss-reactive ketones (excluding diaryl/α,β-unsaturated/α-hetero) is 1. The minimum Gasteiger partial charge on any atom is -0.481 e. The van der Waals surface area contributed by atoms with Crippen molar-refractivity contribution in [2.45, 2.75) is 63.5 Å². The summed E-state index contributed by atoms with van der Waals surface area (Å²) < 4.78 is 52.7. The van der Waals surface area contributed by atoms with Crippen molar-refractivity contribution in [3.63, 3.8) is 0 Å². The Morgan fingerprint density at radius 2 is 1.91 bits per heavy atom. The van der Waals surface area contributed by atoms with Gasteiger partial charge in [0.1, 0.15) is 17.4 Å². The van der Waals surface area contributed by atoms with E-state index in [0.29, 0.717) is 31.4 Å². The van der Waals surface area contributed by atoms with Crippen LogP contribution in [0.15, 0.2) is 30.3 Å². The van der Waals surface area contributed by atoms with Gasteiger partial charge in [0.05, 0.1) is 12.0 Å². The number of hydrogen-bond acceptors (Lipinski definition) is 4. The number of aromatic nitrogens is 1. The molecule has 0 radical (unpaired) electrons. The average Bonchev–Trinajstić information content (AvgIpc) is 2.75. The molecule has 0 fully saturated rings. The predicted molar refractivity (Wildman–Crippen MR) is 115 cm³/mol. The average molecular weight is 466 g/mol. The molecule has 2 aromatic rings. The molecule has 0 saturated heterocycles. The highest BCUT2D eigenvalue weighted by atomic mass is 19.4. The maximum Gasteiger partial charge on any atom is 0.419 e. The summed E-state index contributed by atoms with van der Waals surface area (Å²) in [7, 11) is 0. The van der Waals surface area contributed by atoms with Crippen molar-refractivity contribution >= 4 is 17.6 Å². The van der Waals surface area contributed by atoms with Gasteiger partial charge in [-0.3, -0.25) is 9.59 Å². The molecule has 1 aromatic carbocycles. The van der Waals surface area contributed by atoms with Gasteiger partial charge in [-0.2, -0.15) is 13.2 Å². The van der Waals surface area contributed by atoms with Crippen LogP contribution in [0.4, 0.5) is 23.4 Å². The van der Waals surface area contributed by atoms with Crippen molar-refractivity contribution < 1.29 is 32.3 Å². The van der Waals surface area contributed by atoms with Gasteiger partial charge < -0.3 is 10.4 Å². The van der Waals surface area contributed by atoms with Gasteiger partial charge in [-0.15, -0.1) is 0 Å². The lowest BCUT2D eigenvalue weighted by atomic mass is 9.88. The van der Waals surface area contributed by atoms with E-state index in [9.17, 15) is 27.2 Å². The van der Waals surface area contributed by atoms with E-state index in [-0.39, 0.29) is 24.2 Å². The summed E-state index contributed by atoms with van der Waals surface area (Å²) in [5.41, 5.74) is 0.643. The van der Waals surface area contributed by atoms with Crippen LogP contribution >= 0.6 is 0 Å². The molecular weight excluding hydrogens is 440 g/mol. The zero-order chi connectivity index (χ0) is 24.0. The zero-order valence-electron chi connectivity index (χ0n) is 18.1. The van der Waals surface area contributed by atoms with Crippen LogP contribution in [0.25, 0.3) is 0 Å². The number of nitrogens with zero attached hydrogens (tertiary/aromatic N) is 1. The molecule has 5 nitrogen and oxygen atoms in total. The Hall–Kier alpha value is -2.97. The molecule has 0 spiro atoms. The molecule has 2 heterocycles. The lowest BCUT2D eigenvalue weighted by molar-refractivity contribution is -0.140. The molecule has 0 aliphatic carbocycles. The normalized spacial score (nSPS) is 14.3. The SMILES string of the molecule is O=C(O)C[C@H](CC(=O)CCCCc1ccc2c(n1)NCCC2)c1ccc(F)c(C(F)(F)F)c1. The van der Waals surface area contributed by atoms with Crippen molar-refractivity contribution in [3.05, 3.63) is 58.5 Å².